The first kappa shape index (κ1) is 11.8. The Labute approximate surface area is 92.3 Å². The predicted octanol–water partition coefficient (Wildman–Crippen LogP) is 1.23. The number of amides is 1. The molecule has 6 heteroatoms. The quantitative estimate of drug-likeness (QED) is 0.582. The molecule has 0 atom stereocenters. The Balaban J connectivity index is 2.99. The third kappa shape index (κ3) is 2.63. The molecule has 0 aliphatic rings. The van der Waals surface area contributed by atoms with Gasteiger partial charge in [0.15, 0.2) is 0 Å². The Morgan fingerprint density at radius 2 is 1.94 bits per heavy atom. The lowest BCUT2D eigenvalue weighted by Gasteiger charge is -2.08. The Morgan fingerprint density at radius 3 is 2.50 bits per heavy atom. The van der Waals surface area contributed by atoms with Gasteiger partial charge in [0.1, 0.15) is 0 Å². The summed E-state index contributed by atoms with van der Waals surface area (Å²) in [6.07, 6.45) is -0.659. The van der Waals surface area contributed by atoms with E-state index in [1.165, 1.54) is 32.4 Å². The standard InChI is InChI=1S/C10H12N2O4/c1-15-9(13)6-3-4-7(11)8(5-6)12-10(14)16-2/h3-5H,11H2,1-2H3,(H,12,14). The Hall–Kier alpha value is -2.24. The lowest BCUT2D eigenvalue weighted by molar-refractivity contribution is 0.0600. The maximum absolute atomic E-state index is 11.2. The predicted molar refractivity (Wildman–Crippen MR) is 58.2 cm³/mol. The average molecular weight is 224 g/mol. The number of ether oxygens (including phenoxy) is 2. The van der Waals surface area contributed by atoms with E-state index in [9.17, 15) is 9.59 Å². The molecule has 0 saturated heterocycles. The van der Waals surface area contributed by atoms with Gasteiger partial charge in [0.2, 0.25) is 0 Å². The molecule has 0 aliphatic heterocycles. The number of methoxy groups -OCH3 is 2. The molecule has 0 aliphatic carbocycles. The van der Waals surface area contributed by atoms with Crippen LogP contribution in [-0.4, -0.2) is 26.3 Å². The van der Waals surface area contributed by atoms with Crippen molar-refractivity contribution in [1.82, 2.24) is 0 Å². The summed E-state index contributed by atoms with van der Waals surface area (Å²) in [5.41, 5.74) is 6.54. The van der Waals surface area contributed by atoms with Gasteiger partial charge in [0.05, 0.1) is 31.2 Å². The molecule has 1 aromatic rings. The van der Waals surface area contributed by atoms with Crippen molar-refractivity contribution in [1.29, 1.82) is 0 Å². The molecule has 0 saturated carbocycles. The van der Waals surface area contributed by atoms with Gasteiger partial charge < -0.3 is 15.2 Å². The third-order valence-corrected chi connectivity index (χ3v) is 1.90. The zero-order chi connectivity index (χ0) is 12.1. The topological polar surface area (TPSA) is 90.6 Å². The SMILES string of the molecule is COC(=O)Nc1cc(C(=O)OC)ccc1N. The van der Waals surface area contributed by atoms with Gasteiger partial charge in [-0.25, -0.2) is 9.59 Å². The van der Waals surface area contributed by atoms with Gasteiger partial charge in [-0.15, -0.1) is 0 Å². The molecule has 1 aromatic carbocycles. The summed E-state index contributed by atoms with van der Waals surface area (Å²) in [6, 6.07) is 4.42. The highest BCUT2D eigenvalue weighted by molar-refractivity contribution is 5.95. The second-order valence-corrected chi connectivity index (χ2v) is 2.91. The number of benzene rings is 1. The highest BCUT2D eigenvalue weighted by Gasteiger charge is 2.10. The fourth-order valence-corrected chi connectivity index (χ4v) is 1.07. The molecular weight excluding hydrogens is 212 g/mol. The van der Waals surface area contributed by atoms with E-state index in [1.54, 1.807) is 0 Å². The van der Waals surface area contributed by atoms with E-state index in [0.717, 1.165) is 0 Å². The molecule has 0 unspecified atom stereocenters. The van der Waals surface area contributed by atoms with Crippen LogP contribution in [0.2, 0.25) is 0 Å². The summed E-state index contributed by atoms with van der Waals surface area (Å²) in [6.45, 7) is 0. The second kappa shape index (κ2) is 5.01. The van der Waals surface area contributed by atoms with E-state index >= 15 is 0 Å². The Bertz CT molecular complexity index is 417. The molecule has 0 heterocycles. The average Bonchev–Trinajstić information content (AvgIpc) is 2.30. The molecule has 86 valence electrons. The number of carbonyl (C=O) groups excluding carboxylic acids is 2. The zero-order valence-electron chi connectivity index (χ0n) is 8.94. The van der Waals surface area contributed by atoms with Crippen LogP contribution in [0.1, 0.15) is 10.4 Å². The highest BCUT2D eigenvalue weighted by Crippen LogP contribution is 2.20. The molecule has 0 aromatic heterocycles. The van der Waals surface area contributed by atoms with Gasteiger partial charge in [-0.3, -0.25) is 5.32 Å². The van der Waals surface area contributed by atoms with Crippen molar-refractivity contribution in [2.45, 2.75) is 0 Å². The number of anilines is 2. The van der Waals surface area contributed by atoms with Crippen LogP contribution in [0.15, 0.2) is 18.2 Å². The van der Waals surface area contributed by atoms with E-state index < -0.39 is 12.1 Å². The maximum Gasteiger partial charge on any atom is 0.411 e. The van der Waals surface area contributed by atoms with Gasteiger partial charge in [-0.05, 0) is 18.2 Å². The van der Waals surface area contributed by atoms with Crippen LogP contribution in [0.4, 0.5) is 16.2 Å². The summed E-state index contributed by atoms with van der Waals surface area (Å²) >= 11 is 0. The summed E-state index contributed by atoms with van der Waals surface area (Å²) in [4.78, 5) is 22.2. The Kier molecular flexibility index (Phi) is 3.71. The number of hydrogen-bond acceptors (Lipinski definition) is 5. The minimum atomic E-state index is -0.659. The molecule has 0 bridgehead atoms. The first-order chi connectivity index (χ1) is 7.58. The van der Waals surface area contributed by atoms with Crippen LogP contribution in [0.3, 0.4) is 0 Å². The second-order valence-electron chi connectivity index (χ2n) is 2.91. The molecule has 0 fully saturated rings. The van der Waals surface area contributed by atoms with Gasteiger partial charge in [-0.2, -0.15) is 0 Å². The summed E-state index contributed by atoms with van der Waals surface area (Å²) < 4.78 is 8.95. The van der Waals surface area contributed by atoms with Gasteiger partial charge in [0.25, 0.3) is 0 Å². The maximum atomic E-state index is 11.2. The van der Waals surface area contributed by atoms with Gasteiger partial charge in [-0.1, -0.05) is 0 Å². The lowest BCUT2D eigenvalue weighted by atomic mass is 10.2. The number of carbonyl (C=O) groups is 2. The van der Waals surface area contributed by atoms with Gasteiger partial charge in [0, 0.05) is 0 Å². The van der Waals surface area contributed by atoms with Crippen molar-refractivity contribution in [2.24, 2.45) is 0 Å². The minimum absolute atomic E-state index is 0.295. The fraction of sp³-hybridized carbons (Fsp3) is 0.200. The molecular formula is C10H12N2O4. The number of nitrogens with one attached hydrogen (secondary N) is 1. The van der Waals surface area contributed by atoms with E-state index in [1.807, 2.05) is 0 Å². The van der Waals surface area contributed by atoms with E-state index in [2.05, 4.69) is 14.8 Å². The van der Waals surface area contributed by atoms with E-state index in [4.69, 9.17) is 5.73 Å². The van der Waals surface area contributed by atoms with Crippen molar-refractivity contribution < 1.29 is 19.1 Å². The number of nitrogens with two attached hydrogens (primary N) is 1. The summed E-state index contributed by atoms with van der Waals surface area (Å²) in [5, 5.41) is 2.39. The first-order valence-electron chi connectivity index (χ1n) is 4.41. The molecule has 1 amide bonds. The summed E-state index contributed by atoms with van der Waals surface area (Å²) in [5.74, 6) is -0.507. The van der Waals surface area contributed by atoms with Crippen molar-refractivity contribution in [3.63, 3.8) is 0 Å². The number of rotatable bonds is 2. The normalized spacial score (nSPS) is 9.38. The highest BCUT2D eigenvalue weighted by atomic mass is 16.5. The van der Waals surface area contributed by atoms with Crippen LogP contribution >= 0.6 is 0 Å². The molecule has 1 rings (SSSR count). The molecule has 16 heavy (non-hydrogen) atoms. The van der Waals surface area contributed by atoms with Crippen LogP contribution in [-0.2, 0) is 9.47 Å². The smallest absolute Gasteiger partial charge is 0.411 e. The van der Waals surface area contributed by atoms with Crippen LogP contribution in [0.5, 0.6) is 0 Å². The van der Waals surface area contributed by atoms with E-state index in [0.29, 0.717) is 16.9 Å². The van der Waals surface area contributed by atoms with Crippen molar-refractivity contribution in [3.8, 4) is 0 Å². The molecule has 0 radical (unpaired) electrons. The van der Waals surface area contributed by atoms with Crippen LogP contribution in [0, 0.1) is 0 Å². The number of hydrogen-bond donors (Lipinski definition) is 2. The van der Waals surface area contributed by atoms with E-state index in [-0.39, 0.29) is 0 Å². The van der Waals surface area contributed by atoms with Crippen molar-refractivity contribution in [3.05, 3.63) is 23.8 Å². The third-order valence-electron chi connectivity index (χ3n) is 1.90. The number of esters is 1. The molecule has 0 spiro atoms. The summed E-state index contributed by atoms with van der Waals surface area (Å²) in [7, 11) is 2.50. The monoisotopic (exact) mass is 224 g/mol. The van der Waals surface area contributed by atoms with Crippen LogP contribution < -0.4 is 11.1 Å². The molecule has 6 nitrogen and oxygen atoms in total. The first-order valence-corrected chi connectivity index (χ1v) is 4.41. The zero-order valence-corrected chi connectivity index (χ0v) is 8.94. The van der Waals surface area contributed by atoms with Crippen LogP contribution in [0.25, 0.3) is 0 Å². The lowest BCUT2D eigenvalue weighted by Crippen LogP contribution is -2.13. The van der Waals surface area contributed by atoms with Gasteiger partial charge >= 0.3 is 12.1 Å². The fourth-order valence-electron chi connectivity index (χ4n) is 1.07. The largest absolute Gasteiger partial charge is 0.465 e. The molecule has 3 N–H and O–H groups in total. The van der Waals surface area contributed by atoms with Crippen molar-refractivity contribution >= 4 is 23.4 Å². The number of nitrogen functional groups attached to an aromatic ring is 1. The Morgan fingerprint density at radius 1 is 1.25 bits per heavy atom. The van der Waals surface area contributed by atoms with Crippen molar-refractivity contribution in [2.75, 3.05) is 25.3 Å². The minimum Gasteiger partial charge on any atom is -0.465 e.